The quantitative estimate of drug-likeness (QED) is 0.717. The smallest absolute Gasteiger partial charge is 0.309 e. The van der Waals surface area contributed by atoms with E-state index in [1.54, 1.807) is 0 Å². The molecule has 1 spiro atoms. The first-order chi connectivity index (χ1) is 10.3. The van der Waals surface area contributed by atoms with E-state index in [1.807, 2.05) is 0 Å². The molecule has 0 bridgehead atoms. The predicted octanol–water partition coefficient (Wildman–Crippen LogP) is -0.618. The van der Waals surface area contributed by atoms with Crippen molar-refractivity contribution in [3.63, 3.8) is 0 Å². The number of carboxylic acids is 1. The van der Waals surface area contributed by atoms with Gasteiger partial charge in [0.25, 0.3) is 10.2 Å². The lowest BCUT2D eigenvalue weighted by atomic mass is 9.78. The molecular formula is C13H21N3O5S. The van der Waals surface area contributed by atoms with Crippen molar-refractivity contribution in [1.82, 2.24) is 13.9 Å². The van der Waals surface area contributed by atoms with E-state index in [2.05, 4.69) is 5.32 Å². The molecule has 0 radical (unpaired) electrons. The lowest BCUT2D eigenvalue weighted by Gasteiger charge is -2.41. The number of amides is 1. The zero-order chi connectivity index (χ0) is 16.0. The maximum atomic E-state index is 12.5. The minimum Gasteiger partial charge on any atom is -0.481 e. The van der Waals surface area contributed by atoms with Crippen molar-refractivity contribution in [2.75, 3.05) is 26.2 Å². The molecule has 22 heavy (non-hydrogen) atoms. The van der Waals surface area contributed by atoms with Gasteiger partial charge in [-0.15, -0.1) is 0 Å². The number of carbonyl (C=O) groups is 2. The number of nitrogens with one attached hydrogen (secondary N) is 1. The fourth-order valence-electron chi connectivity index (χ4n) is 3.79. The molecule has 3 saturated heterocycles. The van der Waals surface area contributed by atoms with Crippen LogP contribution < -0.4 is 5.32 Å². The second-order valence-electron chi connectivity index (χ2n) is 6.31. The molecular weight excluding hydrogens is 310 g/mol. The molecule has 3 fully saturated rings. The molecule has 3 rings (SSSR count). The van der Waals surface area contributed by atoms with Crippen LogP contribution in [0.25, 0.3) is 0 Å². The van der Waals surface area contributed by atoms with E-state index in [0.29, 0.717) is 25.9 Å². The van der Waals surface area contributed by atoms with Gasteiger partial charge in [0, 0.05) is 32.6 Å². The van der Waals surface area contributed by atoms with Gasteiger partial charge in [-0.05, 0) is 25.7 Å². The van der Waals surface area contributed by atoms with Crippen LogP contribution in [-0.4, -0.2) is 65.7 Å². The lowest BCUT2D eigenvalue weighted by molar-refractivity contribution is -0.144. The average Bonchev–Trinajstić information content (AvgIpc) is 3.08. The second-order valence-corrected chi connectivity index (χ2v) is 8.24. The standard InChI is InChI=1S/C13H21N3O5S/c17-11-9-10(12(18)19)13(14-11)3-7-16(8-4-13)22(20,21)15-5-1-2-6-15/h10H,1-9H2,(H,14,17)(H,18,19). The normalized spacial score (nSPS) is 29.8. The van der Waals surface area contributed by atoms with E-state index < -0.39 is 27.6 Å². The van der Waals surface area contributed by atoms with Gasteiger partial charge in [0.2, 0.25) is 5.91 Å². The third-order valence-corrected chi connectivity index (χ3v) is 7.11. The molecule has 0 saturated carbocycles. The third-order valence-electron chi connectivity index (χ3n) is 5.08. The Morgan fingerprint density at radius 1 is 1.14 bits per heavy atom. The van der Waals surface area contributed by atoms with Crippen LogP contribution in [0, 0.1) is 5.92 Å². The second kappa shape index (κ2) is 5.47. The van der Waals surface area contributed by atoms with Crippen LogP contribution in [0.3, 0.4) is 0 Å². The molecule has 1 unspecified atom stereocenters. The Balaban J connectivity index is 1.72. The Labute approximate surface area is 129 Å². The van der Waals surface area contributed by atoms with Gasteiger partial charge in [0.05, 0.1) is 11.5 Å². The molecule has 3 heterocycles. The minimum atomic E-state index is -3.45. The van der Waals surface area contributed by atoms with Gasteiger partial charge in [-0.3, -0.25) is 9.59 Å². The first-order valence-corrected chi connectivity index (χ1v) is 9.04. The molecule has 9 heteroatoms. The number of aliphatic carboxylic acids is 1. The van der Waals surface area contributed by atoms with Crippen LogP contribution in [0.1, 0.15) is 32.1 Å². The predicted molar refractivity (Wildman–Crippen MR) is 77.2 cm³/mol. The maximum Gasteiger partial charge on any atom is 0.309 e. The lowest BCUT2D eigenvalue weighted by Crippen LogP contribution is -2.57. The Morgan fingerprint density at radius 3 is 2.23 bits per heavy atom. The number of carbonyl (C=O) groups excluding carboxylic acids is 1. The van der Waals surface area contributed by atoms with Gasteiger partial charge in [0.1, 0.15) is 0 Å². The SMILES string of the molecule is O=C1CC(C(=O)O)C2(CCN(S(=O)(=O)N3CCCC3)CC2)N1. The van der Waals surface area contributed by atoms with Crippen LogP contribution in [0.2, 0.25) is 0 Å². The van der Waals surface area contributed by atoms with Gasteiger partial charge < -0.3 is 10.4 Å². The van der Waals surface area contributed by atoms with E-state index in [4.69, 9.17) is 0 Å². The zero-order valence-electron chi connectivity index (χ0n) is 12.3. The Kier molecular flexibility index (Phi) is 3.90. The van der Waals surface area contributed by atoms with Gasteiger partial charge in [-0.25, -0.2) is 0 Å². The summed E-state index contributed by atoms with van der Waals surface area (Å²) in [6.07, 6.45) is 2.45. The molecule has 3 aliphatic heterocycles. The third kappa shape index (κ3) is 2.50. The summed E-state index contributed by atoms with van der Waals surface area (Å²) in [6.45, 7) is 1.61. The van der Waals surface area contributed by atoms with Crippen molar-refractivity contribution in [1.29, 1.82) is 0 Å². The number of rotatable bonds is 3. The van der Waals surface area contributed by atoms with E-state index in [1.165, 1.54) is 8.61 Å². The molecule has 1 atom stereocenters. The highest BCUT2D eigenvalue weighted by molar-refractivity contribution is 7.86. The first-order valence-electron chi connectivity index (χ1n) is 7.64. The average molecular weight is 331 g/mol. The van der Waals surface area contributed by atoms with Gasteiger partial charge in [-0.2, -0.15) is 17.0 Å². The highest BCUT2D eigenvalue weighted by atomic mass is 32.2. The summed E-state index contributed by atoms with van der Waals surface area (Å²) in [5.74, 6) is -2.02. The summed E-state index contributed by atoms with van der Waals surface area (Å²) in [5, 5.41) is 12.1. The van der Waals surface area contributed by atoms with Crippen LogP contribution in [0.5, 0.6) is 0 Å². The fraction of sp³-hybridized carbons (Fsp3) is 0.846. The zero-order valence-corrected chi connectivity index (χ0v) is 13.1. The minimum absolute atomic E-state index is 0.0196. The number of nitrogens with zero attached hydrogens (tertiary/aromatic N) is 2. The summed E-state index contributed by atoms with van der Waals surface area (Å²) >= 11 is 0. The fourth-order valence-corrected chi connectivity index (χ4v) is 5.48. The number of hydrogen-bond acceptors (Lipinski definition) is 4. The van der Waals surface area contributed by atoms with E-state index in [-0.39, 0.29) is 25.4 Å². The Hall–Kier alpha value is -1.19. The van der Waals surface area contributed by atoms with Crippen molar-refractivity contribution in [2.24, 2.45) is 5.92 Å². The van der Waals surface area contributed by atoms with Gasteiger partial charge in [-0.1, -0.05) is 0 Å². The molecule has 0 aromatic carbocycles. The maximum absolute atomic E-state index is 12.5. The molecule has 0 aromatic heterocycles. The van der Waals surface area contributed by atoms with Crippen LogP contribution in [0.15, 0.2) is 0 Å². The summed E-state index contributed by atoms with van der Waals surface area (Å²) in [6, 6.07) is 0. The summed E-state index contributed by atoms with van der Waals surface area (Å²) in [5.41, 5.74) is -0.792. The molecule has 3 aliphatic rings. The molecule has 124 valence electrons. The molecule has 8 nitrogen and oxygen atoms in total. The van der Waals surface area contributed by atoms with E-state index >= 15 is 0 Å². The molecule has 0 aromatic rings. The highest BCUT2D eigenvalue weighted by Crippen LogP contribution is 2.37. The summed E-state index contributed by atoms with van der Waals surface area (Å²) < 4.78 is 28.0. The van der Waals surface area contributed by atoms with Crippen molar-refractivity contribution in [2.45, 2.75) is 37.6 Å². The van der Waals surface area contributed by atoms with Crippen LogP contribution >= 0.6 is 0 Å². The monoisotopic (exact) mass is 331 g/mol. The van der Waals surface area contributed by atoms with E-state index in [0.717, 1.165) is 12.8 Å². The van der Waals surface area contributed by atoms with Gasteiger partial charge in [0.15, 0.2) is 0 Å². The van der Waals surface area contributed by atoms with Gasteiger partial charge >= 0.3 is 5.97 Å². The molecule has 1 amide bonds. The highest BCUT2D eigenvalue weighted by Gasteiger charge is 2.53. The number of piperidine rings is 1. The summed E-state index contributed by atoms with van der Waals surface area (Å²) in [4.78, 5) is 23.0. The van der Waals surface area contributed by atoms with Crippen LogP contribution in [-0.2, 0) is 19.8 Å². The molecule has 0 aliphatic carbocycles. The topological polar surface area (TPSA) is 107 Å². The van der Waals surface area contributed by atoms with Crippen molar-refractivity contribution >= 4 is 22.1 Å². The van der Waals surface area contributed by atoms with Crippen molar-refractivity contribution in [3.8, 4) is 0 Å². The van der Waals surface area contributed by atoms with E-state index in [9.17, 15) is 23.1 Å². The largest absolute Gasteiger partial charge is 0.481 e. The number of carboxylic acid groups (broad SMARTS) is 1. The van der Waals surface area contributed by atoms with Crippen molar-refractivity contribution < 1.29 is 23.1 Å². The molecule has 2 N–H and O–H groups in total. The van der Waals surface area contributed by atoms with Crippen LogP contribution in [0.4, 0.5) is 0 Å². The first kappa shape index (κ1) is 15.7. The Morgan fingerprint density at radius 2 is 1.68 bits per heavy atom. The van der Waals surface area contributed by atoms with Crippen molar-refractivity contribution in [3.05, 3.63) is 0 Å². The summed E-state index contributed by atoms with van der Waals surface area (Å²) in [7, 11) is -3.45. The number of hydrogen-bond donors (Lipinski definition) is 2. The Bertz CT molecular complexity index is 576.